The number of Topliss-reactive ketones (excluding diaryl/α,β-unsaturated/α-hetero) is 1. The van der Waals surface area contributed by atoms with Crippen LogP contribution in [0.3, 0.4) is 0 Å². The Bertz CT molecular complexity index is 1430. The third-order valence-corrected chi connectivity index (χ3v) is 5.53. The predicted octanol–water partition coefficient (Wildman–Crippen LogP) is 3.92. The van der Waals surface area contributed by atoms with E-state index in [1.165, 1.54) is 6.07 Å². The minimum Gasteiger partial charge on any atom is -0.507 e. The van der Waals surface area contributed by atoms with Gasteiger partial charge in [0.1, 0.15) is 22.7 Å². The monoisotopic (exact) mass is 425 g/mol. The number of benzene rings is 2. The molecule has 0 saturated carbocycles. The SMILES string of the molecule is CNC(=O)c1ccc(-c2ccnc3c2c(C=C2Oc4cccc(O)c4C2=O)cn3C)cc1. The zero-order valence-electron chi connectivity index (χ0n) is 17.4. The smallest absolute Gasteiger partial charge is 0.251 e. The summed E-state index contributed by atoms with van der Waals surface area (Å²) in [5.41, 5.74) is 4.07. The van der Waals surface area contributed by atoms with Gasteiger partial charge in [0.05, 0.1) is 0 Å². The first kappa shape index (κ1) is 19.6. The number of ether oxygens (including phenoxy) is 1. The second-order valence-corrected chi connectivity index (χ2v) is 7.50. The van der Waals surface area contributed by atoms with Crippen LogP contribution in [0, 0.1) is 0 Å². The number of rotatable bonds is 3. The van der Waals surface area contributed by atoms with Gasteiger partial charge in [-0.25, -0.2) is 4.98 Å². The number of aromatic nitrogens is 2. The van der Waals surface area contributed by atoms with Gasteiger partial charge in [-0.3, -0.25) is 9.59 Å². The van der Waals surface area contributed by atoms with Crippen LogP contribution in [0.1, 0.15) is 26.3 Å². The van der Waals surface area contributed by atoms with Crippen LogP contribution in [0.2, 0.25) is 0 Å². The number of hydrogen-bond donors (Lipinski definition) is 2. The van der Waals surface area contributed by atoms with Crippen molar-refractivity contribution in [2.45, 2.75) is 0 Å². The number of carbonyl (C=O) groups excluding carboxylic acids is 2. The molecular weight excluding hydrogens is 406 g/mol. The Balaban J connectivity index is 1.63. The molecule has 5 rings (SSSR count). The number of allylic oxidation sites excluding steroid dienone is 1. The van der Waals surface area contributed by atoms with Crippen LogP contribution >= 0.6 is 0 Å². The Labute approximate surface area is 183 Å². The lowest BCUT2D eigenvalue weighted by atomic mass is 9.99. The standard InChI is InChI=1S/C25H19N3O4/c1-26-25(31)15-8-6-14(7-9-15)17-10-11-27-24-21(17)16(13-28(24)2)12-20-23(30)22-18(29)4-3-5-19(22)32-20/h3-13,29H,1-2H3,(H,26,31). The number of amides is 1. The fraction of sp³-hybridized carbons (Fsp3) is 0.0800. The molecule has 0 fully saturated rings. The molecular formula is C25H19N3O4. The molecule has 32 heavy (non-hydrogen) atoms. The summed E-state index contributed by atoms with van der Waals surface area (Å²) in [5.74, 6) is -0.146. The van der Waals surface area contributed by atoms with E-state index < -0.39 is 0 Å². The van der Waals surface area contributed by atoms with Gasteiger partial charge in [0, 0.05) is 43.0 Å². The van der Waals surface area contributed by atoms with Crippen molar-refractivity contribution in [2.24, 2.45) is 7.05 Å². The maximum Gasteiger partial charge on any atom is 0.251 e. The molecule has 7 heteroatoms. The van der Waals surface area contributed by atoms with Gasteiger partial charge in [0.2, 0.25) is 5.78 Å². The minimum absolute atomic E-state index is 0.104. The predicted molar refractivity (Wildman–Crippen MR) is 121 cm³/mol. The van der Waals surface area contributed by atoms with Crippen molar-refractivity contribution in [1.82, 2.24) is 14.9 Å². The first-order valence-corrected chi connectivity index (χ1v) is 10.0. The summed E-state index contributed by atoms with van der Waals surface area (Å²) in [6.45, 7) is 0. The number of carbonyl (C=O) groups is 2. The van der Waals surface area contributed by atoms with E-state index in [1.807, 2.05) is 36.0 Å². The first-order valence-electron chi connectivity index (χ1n) is 10.0. The number of nitrogens with zero attached hydrogens (tertiary/aromatic N) is 2. The number of fused-ring (bicyclic) bond motifs is 2. The lowest BCUT2D eigenvalue weighted by molar-refractivity contribution is 0.0962. The normalized spacial score (nSPS) is 13.9. The van der Waals surface area contributed by atoms with E-state index in [1.54, 1.807) is 43.6 Å². The molecule has 0 aliphatic carbocycles. The number of aryl methyl sites for hydroxylation is 1. The van der Waals surface area contributed by atoms with Gasteiger partial charge < -0.3 is 19.7 Å². The molecule has 1 amide bonds. The van der Waals surface area contributed by atoms with Gasteiger partial charge in [0.15, 0.2) is 5.76 Å². The highest BCUT2D eigenvalue weighted by atomic mass is 16.5. The zero-order valence-corrected chi connectivity index (χ0v) is 17.4. The Kier molecular flexibility index (Phi) is 4.52. The summed E-state index contributed by atoms with van der Waals surface area (Å²) in [5, 5.41) is 13.5. The molecule has 7 nitrogen and oxygen atoms in total. The van der Waals surface area contributed by atoms with E-state index >= 15 is 0 Å². The topological polar surface area (TPSA) is 93.5 Å². The van der Waals surface area contributed by atoms with Crippen LogP contribution in [0.15, 0.2) is 66.7 Å². The van der Waals surface area contributed by atoms with Crippen LogP contribution in [0.25, 0.3) is 28.2 Å². The Morgan fingerprint density at radius 3 is 2.66 bits per heavy atom. The minimum atomic E-state index is -0.365. The summed E-state index contributed by atoms with van der Waals surface area (Å²) in [7, 11) is 3.48. The lowest BCUT2D eigenvalue weighted by Gasteiger charge is -2.07. The maximum absolute atomic E-state index is 12.8. The number of pyridine rings is 1. The largest absolute Gasteiger partial charge is 0.507 e. The number of nitrogens with one attached hydrogen (secondary N) is 1. The van der Waals surface area contributed by atoms with Crippen molar-refractivity contribution in [1.29, 1.82) is 0 Å². The first-order chi connectivity index (χ1) is 15.5. The van der Waals surface area contributed by atoms with E-state index in [2.05, 4.69) is 10.3 Å². The zero-order chi connectivity index (χ0) is 22.4. The number of phenols is 1. The highest BCUT2D eigenvalue weighted by molar-refractivity contribution is 6.17. The quantitative estimate of drug-likeness (QED) is 0.485. The van der Waals surface area contributed by atoms with Crippen LogP contribution in [0.4, 0.5) is 0 Å². The average Bonchev–Trinajstić information content (AvgIpc) is 3.30. The van der Waals surface area contributed by atoms with Crippen LogP contribution in [-0.2, 0) is 7.05 Å². The highest BCUT2D eigenvalue weighted by Gasteiger charge is 2.30. The Morgan fingerprint density at radius 2 is 1.94 bits per heavy atom. The molecule has 2 N–H and O–H groups in total. The molecule has 2 aromatic heterocycles. The van der Waals surface area contributed by atoms with Crippen LogP contribution < -0.4 is 10.1 Å². The second kappa shape index (κ2) is 7.39. The van der Waals surface area contributed by atoms with E-state index in [9.17, 15) is 14.7 Å². The van der Waals surface area contributed by atoms with E-state index in [0.29, 0.717) is 11.3 Å². The summed E-state index contributed by atoms with van der Waals surface area (Å²) >= 11 is 0. The van der Waals surface area contributed by atoms with Gasteiger partial charge in [-0.05, 0) is 47.5 Å². The molecule has 1 aliphatic heterocycles. The lowest BCUT2D eigenvalue weighted by Crippen LogP contribution is -2.17. The summed E-state index contributed by atoms with van der Waals surface area (Å²) in [6.07, 6.45) is 5.28. The fourth-order valence-corrected chi connectivity index (χ4v) is 3.99. The number of hydrogen-bond acceptors (Lipinski definition) is 5. The third kappa shape index (κ3) is 3.02. The molecule has 158 valence electrons. The van der Waals surface area contributed by atoms with Crippen molar-refractivity contribution in [3.8, 4) is 22.6 Å². The van der Waals surface area contributed by atoms with Crippen LogP contribution in [-0.4, -0.2) is 33.4 Å². The third-order valence-electron chi connectivity index (χ3n) is 5.53. The van der Waals surface area contributed by atoms with Crippen molar-refractivity contribution >= 4 is 28.8 Å². The van der Waals surface area contributed by atoms with Gasteiger partial charge in [-0.2, -0.15) is 0 Å². The summed E-state index contributed by atoms with van der Waals surface area (Å²) in [4.78, 5) is 29.2. The number of aromatic hydroxyl groups is 1. The maximum atomic E-state index is 12.8. The summed E-state index contributed by atoms with van der Waals surface area (Å²) < 4.78 is 7.62. The Morgan fingerprint density at radius 1 is 1.16 bits per heavy atom. The molecule has 0 bridgehead atoms. The fourth-order valence-electron chi connectivity index (χ4n) is 3.99. The number of phenolic OH excluding ortho intramolecular Hbond substituents is 1. The van der Waals surface area contributed by atoms with Gasteiger partial charge >= 0.3 is 0 Å². The van der Waals surface area contributed by atoms with Gasteiger partial charge in [0.25, 0.3) is 5.91 Å². The molecule has 0 spiro atoms. The van der Waals surface area contributed by atoms with Crippen molar-refractivity contribution < 1.29 is 19.4 Å². The van der Waals surface area contributed by atoms with E-state index in [4.69, 9.17) is 4.74 Å². The molecule has 4 aromatic rings. The van der Waals surface area contributed by atoms with E-state index in [0.717, 1.165) is 27.7 Å². The molecule has 0 unspecified atom stereocenters. The van der Waals surface area contributed by atoms with E-state index in [-0.39, 0.29) is 28.8 Å². The average molecular weight is 425 g/mol. The molecule has 1 aliphatic rings. The second-order valence-electron chi connectivity index (χ2n) is 7.50. The molecule has 0 radical (unpaired) electrons. The van der Waals surface area contributed by atoms with Crippen molar-refractivity contribution in [2.75, 3.05) is 7.05 Å². The summed E-state index contributed by atoms with van der Waals surface area (Å²) in [6, 6.07) is 13.9. The molecule has 3 heterocycles. The van der Waals surface area contributed by atoms with Crippen molar-refractivity contribution in [3.05, 3.63) is 83.4 Å². The highest BCUT2D eigenvalue weighted by Crippen LogP contribution is 2.39. The van der Waals surface area contributed by atoms with Gasteiger partial charge in [-0.1, -0.05) is 18.2 Å². The molecule has 0 atom stereocenters. The van der Waals surface area contributed by atoms with Gasteiger partial charge in [-0.15, -0.1) is 0 Å². The van der Waals surface area contributed by atoms with Crippen LogP contribution in [0.5, 0.6) is 11.5 Å². The van der Waals surface area contributed by atoms with Crippen molar-refractivity contribution in [3.63, 3.8) is 0 Å². The Hall–Kier alpha value is -4.39. The molecule has 2 aromatic carbocycles. The molecule has 0 saturated heterocycles. The number of ketones is 1.